The quantitative estimate of drug-likeness (QED) is 0.725. The molecule has 1 aliphatic rings. The summed E-state index contributed by atoms with van der Waals surface area (Å²) < 4.78 is 0.831. The molecule has 3 rings (SSSR count). The van der Waals surface area contributed by atoms with E-state index in [1.165, 1.54) is 16.9 Å². The molecular formula is C16H20N3+. The van der Waals surface area contributed by atoms with Crippen molar-refractivity contribution in [2.24, 2.45) is 0 Å². The van der Waals surface area contributed by atoms with Gasteiger partial charge in [0, 0.05) is 19.2 Å². The fourth-order valence-electron chi connectivity index (χ4n) is 2.84. The first-order chi connectivity index (χ1) is 9.03. The lowest BCUT2D eigenvalue weighted by atomic mass is 10.2. The largest absolute Gasteiger partial charge is 0.273 e. The second-order valence-corrected chi connectivity index (χ2v) is 5.67. The van der Waals surface area contributed by atoms with Crippen LogP contribution in [0.25, 0.3) is 0 Å². The number of quaternary nitrogens is 1. The molecule has 0 unspecified atom stereocenters. The number of para-hydroxylation sites is 1. The van der Waals surface area contributed by atoms with Gasteiger partial charge in [0.05, 0.1) is 19.8 Å². The third kappa shape index (κ3) is 1.65. The van der Waals surface area contributed by atoms with Crippen molar-refractivity contribution in [3.8, 4) is 0 Å². The Labute approximate surface area is 114 Å². The van der Waals surface area contributed by atoms with E-state index in [-0.39, 0.29) is 0 Å². The maximum absolute atomic E-state index is 4.61. The van der Waals surface area contributed by atoms with Crippen molar-refractivity contribution in [2.75, 3.05) is 19.0 Å². The summed E-state index contributed by atoms with van der Waals surface area (Å²) in [6.07, 6.45) is 2.22. The van der Waals surface area contributed by atoms with Crippen LogP contribution in [-0.2, 0) is 0 Å². The SMILES string of the molecule is Cc1ccccc1N1c2ncccc2[N+](C)(C)[C@@H]1C. The summed E-state index contributed by atoms with van der Waals surface area (Å²) in [5, 5.41) is 0. The van der Waals surface area contributed by atoms with Crippen molar-refractivity contribution in [1.29, 1.82) is 0 Å². The van der Waals surface area contributed by atoms with Gasteiger partial charge in [0.1, 0.15) is 0 Å². The van der Waals surface area contributed by atoms with Gasteiger partial charge in [-0.15, -0.1) is 0 Å². The molecular weight excluding hydrogens is 234 g/mol. The van der Waals surface area contributed by atoms with Gasteiger partial charge in [0.15, 0.2) is 17.7 Å². The van der Waals surface area contributed by atoms with Gasteiger partial charge in [-0.1, -0.05) is 18.2 Å². The van der Waals surface area contributed by atoms with Crippen LogP contribution in [0.4, 0.5) is 17.2 Å². The summed E-state index contributed by atoms with van der Waals surface area (Å²) in [6.45, 7) is 4.41. The van der Waals surface area contributed by atoms with E-state index in [1.807, 2.05) is 12.3 Å². The summed E-state index contributed by atoms with van der Waals surface area (Å²) in [4.78, 5) is 6.97. The lowest BCUT2D eigenvalue weighted by Crippen LogP contribution is -2.50. The lowest BCUT2D eigenvalue weighted by molar-refractivity contribution is 0.339. The van der Waals surface area contributed by atoms with Crippen LogP contribution in [0.1, 0.15) is 12.5 Å². The molecule has 2 aromatic rings. The molecule has 1 aromatic heterocycles. The monoisotopic (exact) mass is 254 g/mol. The second kappa shape index (κ2) is 4.07. The summed E-state index contributed by atoms with van der Waals surface area (Å²) in [5.41, 5.74) is 3.81. The van der Waals surface area contributed by atoms with Crippen molar-refractivity contribution in [3.05, 3.63) is 48.2 Å². The summed E-state index contributed by atoms with van der Waals surface area (Å²) in [6, 6.07) is 12.7. The van der Waals surface area contributed by atoms with Crippen LogP contribution in [0.5, 0.6) is 0 Å². The highest BCUT2D eigenvalue weighted by Gasteiger charge is 2.44. The van der Waals surface area contributed by atoms with E-state index in [2.05, 4.69) is 68.2 Å². The summed E-state index contributed by atoms with van der Waals surface area (Å²) in [5.74, 6) is 1.08. The second-order valence-electron chi connectivity index (χ2n) is 5.67. The Hall–Kier alpha value is -1.87. The van der Waals surface area contributed by atoms with Gasteiger partial charge in [-0.05, 0) is 24.6 Å². The number of nitrogens with zero attached hydrogens (tertiary/aromatic N) is 3. The average molecular weight is 254 g/mol. The van der Waals surface area contributed by atoms with Gasteiger partial charge in [0.2, 0.25) is 0 Å². The standard InChI is InChI=1S/C16H20N3/c1-12-8-5-6-9-14(12)18-13(2)19(3,4)15-10-7-11-17-16(15)18/h5-11,13H,1-4H3/q+1/t13-/m1/s1. The Morgan fingerprint density at radius 2 is 1.84 bits per heavy atom. The van der Waals surface area contributed by atoms with E-state index in [0.29, 0.717) is 6.17 Å². The minimum Gasteiger partial charge on any atom is -0.273 e. The van der Waals surface area contributed by atoms with Crippen molar-refractivity contribution in [1.82, 2.24) is 9.47 Å². The molecule has 0 amide bonds. The minimum atomic E-state index is 0.339. The molecule has 0 saturated heterocycles. The van der Waals surface area contributed by atoms with Crippen LogP contribution in [0.15, 0.2) is 42.6 Å². The van der Waals surface area contributed by atoms with E-state index >= 15 is 0 Å². The van der Waals surface area contributed by atoms with Crippen LogP contribution in [-0.4, -0.2) is 25.2 Å². The maximum Gasteiger partial charge on any atom is 0.200 e. The van der Waals surface area contributed by atoms with Crippen molar-refractivity contribution < 1.29 is 0 Å². The molecule has 3 heteroatoms. The number of hydrogen-bond acceptors (Lipinski definition) is 2. The number of anilines is 2. The maximum atomic E-state index is 4.61. The van der Waals surface area contributed by atoms with Crippen LogP contribution in [0.3, 0.4) is 0 Å². The Morgan fingerprint density at radius 3 is 2.58 bits per heavy atom. The van der Waals surface area contributed by atoms with Gasteiger partial charge in [0.25, 0.3) is 0 Å². The smallest absolute Gasteiger partial charge is 0.200 e. The predicted octanol–water partition coefficient (Wildman–Crippen LogP) is 3.45. The predicted molar refractivity (Wildman–Crippen MR) is 80.7 cm³/mol. The van der Waals surface area contributed by atoms with Crippen LogP contribution >= 0.6 is 0 Å². The number of hydrogen-bond donors (Lipinski definition) is 0. The zero-order chi connectivity index (χ0) is 13.6. The topological polar surface area (TPSA) is 16.1 Å². The van der Waals surface area contributed by atoms with E-state index < -0.39 is 0 Å². The molecule has 0 spiro atoms. The highest BCUT2D eigenvalue weighted by molar-refractivity contribution is 5.79. The minimum absolute atomic E-state index is 0.339. The molecule has 1 aromatic carbocycles. The summed E-state index contributed by atoms with van der Waals surface area (Å²) >= 11 is 0. The highest BCUT2D eigenvalue weighted by atomic mass is 15.5. The highest BCUT2D eigenvalue weighted by Crippen LogP contribution is 2.45. The summed E-state index contributed by atoms with van der Waals surface area (Å²) in [7, 11) is 4.48. The van der Waals surface area contributed by atoms with Gasteiger partial charge in [-0.25, -0.2) is 4.98 Å². The van der Waals surface area contributed by atoms with Crippen LogP contribution in [0.2, 0.25) is 0 Å². The van der Waals surface area contributed by atoms with E-state index in [9.17, 15) is 0 Å². The Morgan fingerprint density at radius 1 is 1.11 bits per heavy atom. The molecule has 3 nitrogen and oxygen atoms in total. The number of benzene rings is 1. The zero-order valence-corrected chi connectivity index (χ0v) is 12.0. The first-order valence-corrected chi connectivity index (χ1v) is 6.67. The molecule has 1 atom stereocenters. The van der Waals surface area contributed by atoms with Gasteiger partial charge in [-0.3, -0.25) is 9.38 Å². The third-order valence-corrected chi connectivity index (χ3v) is 4.30. The van der Waals surface area contributed by atoms with Crippen molar-refractivity contribution in [2.45, 2.75) is 20.0 Å². The van der Waals surface area contributed by atoms with E-state index in [4.69, 9.17) is 0 Å². The Kier molecular flexibility index (Phi) is 2.61. The third-order valence-electron chi connectivity index (χ3n) is 4.30. The van der Waals surface area contributed by atoms with E-state index in [0.717, 1.165) is 10.3 Å². The number of fused-ring (bicyclic) bond motifs is 1. The zero-order valence-electron chi connectivity index (χ0n) is 12.0. The lowest BCUT2D eigenvalue weighted by Gasteiger charge is -2.32. The molecule has 0 fully saturated rings. The normalized spacial score (nSPS) is 20.4. The van der Waals surface area contributed by atoms with Crippen LogP contribution in [0, 0.1) is 6.92 Å². The number of rotatable bonds is 1. The van der Waals surface area contributed by atoms with Gasteiger partial charge < -0.3 is 0 Å². The average Bonchev–Trinajstić information content (AvgIpc) is 2.60. The molecule has 0 saturated carbocycles. The van der Waals surface area contributed by atoms with Crippen molar-refractivity contribution in [3.63, 3.8) is 0 Å². The fourth-order valence-corrected chi connectivity index (χ4v) is 2.84. The van der Waals surface area contributed by atoms with Crippen LogP contribution < -0.4 is 9.38 Å². The molecule has 0 radical (unpaired) electrons. The molecule has 0 N–H and O–H groups in total. The molecule has 98 valence electrons. The Balaban J connectivity index is 2.21. The van der Waals surface area contributed by atoms with Gasteiger partial charge in [-0.2, -0.15) is 0 Å². The van der Waals surface area contributed by atoms with E-state index in [1.54, 1.807) is 0 Å². The first-order valence-electron chi connectivity index (χ1n) is 6.67. The molecule has 19 heavy (non-hydrogen) atoms. The molecule has 0 aliphatic carbocycles. The number of aromatic nitrogens is 1. The number of pyridine rings is 1. The fraction of sp³-hybridized carbons (Fsp3) is 0.312. The first kappa shape index (κ1) is 12.2. The molecule has 1 aliphatic heterocycles. The Bertz CT molecular complexity index is 619. The molecule has 2 heterocycles. The van der Waals surface area contributed by atoms with Gasteiger partial charge >= 0.3 is 0 Å². The van der Waals surface area contributed by atoms with Crippen molar-refractivity contribution >= 4 is 17.2 Å². The molecule has 0 bridgehead atoms. The number of aryl methyl sites for hydroxylation is 1.